The molecular formula is C12H20N2O. The minimum atomic E-state index is 0.257. The van der Waals surface area contributed by atoms with E-state index in [2.05, 4.69) is 17.5 Å². The van der Waals surface area contributed by atoms with Crippen LogP contribution < -0.4 is 5.32 Å². The quantitative estimate of drug-likeness (QED) is 0.656. The number of carbonyl (C=O) groups is 1. The lowest BCUT2D eigenvalue weighted by atomic mass is 9.93. The van der Waals surface area contributed by atoms with Crippen LogP contribution in [0.4, 0.5) is 0 Å². The van der Waals surface area contributed by atoms with Crippen molar-refractivity contribution >= 4 is 5.91 Å². The predicted molar refractivity (Wildman–Crippen MR) is 60.5 cm³/mol. The molecular weight excluding hydrogens is 188 g/mol. The summed E-state index contributed by atoms with van der Waals surface area (Å²) >= 11 is 0. The third-order valence-electron chi connectivity index (χ3n) is 3.27. The van der Waals surface area contributed by atoms with E-state index in [4.69, 9.17) is 0 Å². The van der Waals surface area contributed by atoms with Gasteiger partial charge in [0.15, 0.2) is 0 Å². The van der Waals surface area contributed by atoms with Gasteiger partial charge in [0.2, 0.25) is 5.91 Å². The molecule has 15 heavy (non-hydrogen) atoms. The number of hydrogen-bond acceptors (Lipinski definition) is 2. The van der Waals surface area contributed by atoms with Gasteiger partial charge in [-0.3, -0.25) is 4.79 Å². The van der Waals surface area contributed by atoms with Gasteiger partial charge in [0.1, 0.15) is 0 Å². The highest BCUT2D eigenvalue weighted by atomic mass is 16.2. The number of nitrogens with one attached hydrogen (secondary N) is 1. The third kappa shape index (κ3) is 2.81. The molecule has 0 spiro atoms. The Labute approximate surface area is 91.5 Å². The van der Waals surface area contributed by atoms with Gasteiger partial charge in [-0.15, -0.1) is 0 Å². The van der Waals surface area contributed by atoms with E-state index in [1.807, 2.05) is 4.90 Å². The van der Waals surface area contributed by atoms with Crippen LogP contribution in [0, 0.1) is 5.92 Å². The SMILES string of the molecule is O=C(C1CC=CCC1)N1CCCNCC1. The average Bonchev–Trinajstić information content (AvgIpc) is 2.58. The topological polar surface area (TPSA) is 32.3 Å². The van der Waals surface area contributed by atoms with Crippen molar-refractivity contribution < 1.29 is 4.79 Å². The van der Waals surface area contributed by atoms with Crippen LogP contribution in [0.5, 0.6) is 0 Å². The lowest BCUT2D eigenvalue weighted by Gasteiger charge is -2.26. The summed E-state index contributed by atoms with van der Waals surface area (Å²) in [6.07, 6.45) is 8.49. The fourth-order valence-electron chi connectivity index (χ4n) is 2.34. The maximum absolute atomic E-state index is 12.2. The van der Waals surface area contributed by atoms with Gasteiger partial charge in [0.05, 0.1) is 0 Å². The summed E-state index contributed by atoms with van der Waals surface area (Å²) in [5.74, 6) is 0.635. The van der Waals surface area contributed by atoms with Crippen LogP contribution in [-0.4, -0.2) is 37.0 Å². The summed E-state index contributed by atoms with van der Waals surface area (Å²) in [5, 5.41) is 3.33. The molecule has 1 atom stereocenters. The smallest absolute Gasteiger partial charge is 0.226 e. The maximum atomic E-state index is 12.2. The third-order valence-corrected chi connectivity index (χ3v) is 3.27. The summed E-state index contributed by atoms with van der Waals surface area (Å²) in [6.45, 7) is 3.83. The van der Waals surface area contributed by atoms with E-state index in [1.54, 1.807) is 0 Å². The summed E-state index contributed by atoms with van der Waals surface area (Å²) < 4.78 is 0. The minimum Gasteiger partial charge on any atom is -0.341 e. The Kier molecular flexibility index (Phi) is 3.78. The Bertz CT molecular complexity index is 242. The molecule has 1 saturated heterocycles. The molecule has 1 fully saturated rings. The molecule has 0 aromatic heterocycles. The van der Waals surface area contributed by atoms with E-state index in [0.29, 0.717) is 5.91 Å². The average molecular weight is 208 g/mol. The molecule has 0 aromatic rings. The van der Waals surface area contributed by atoms with Gasteiger partial charge in [0.25, 0.3) is 0 Å². The van der Waals surface area contributed by atoms with Crippen LogP contribution in [0.25, 0.3) is 0 Å². The van der Waals surface area contributed by atoms with Crippen LogP contribution in [0.2, 0.25) is 0 Å². The first kappa shape index (κ1) is 10.7. The van der Waals surface area contributed by atoms with Gasteiger partial charge in [-0.05, 0) is 32.2 Å². The Morgan fingerprint density at radius 1 is 1.27 bits per heavy atom. The largest absolute Gasteiger partial charge is 0.341 e. The van der Waals surface area contributed by atoms with Crippen molar-refractivity contribution in [2.75, 3.05) is 26.2 Å². The lowest BCUT2D eigenvalue weighted by Crippen LogP contribution is -2.38. The van der Waals surface area contributed by atoms with Crippen molar-refractivity contribution in [3.8, 4) is 0 Å². The fourth-order valence-corrected chi connectivity index (χ4v) is 2.34. The van der Waals surface area contributed by atoms with Crippen LogP contribution >= 0.6 is 0 Å². The van der Waals surface area contributed by atoms with Gasteiger partial charge in [-0.25, -0.2) is 0 Å². The van der Waals surface area contributed by atoms with Gasteiger partial charge >= 0.3 is 0 Å². The molecule has 1 N–H and O–H groups in total. The van der Waals surface area contributed by atoms with Gasteiger partial charge in [0, 0.05) is 25.6 Å². The van der Waals surface area contributed by atoms with E-state index in [-0.39, 0.29) is 5.92 Å². The van der Waals surface area contributed by atoms with Crippen LogP contribution in [-0.2, 0) is 4.79 Å². The van der Waals surface area contributed by atoms with E-state index in [1.165, 1.54) is 0 Å². The van der Waals surface area contributed by atoms with Crippen molar-refractivity contribution in [1.82, 2.24) is 10.2 Å². The van der Waals surface area contributed by atoms with E-state index in [9.17, 15) is 4.79 Å². The predicted octanol–water partition coefficient (Wildman–Crippen LogP) is 1.16. The zero-order chi connectivity index (χ0) is 10.5. The second kappa shape index (κ2) is 5.31. The van der Waals surface area contributed by atoms with Gasteiger partial charge in [-0.1, -0.05) is 12.2 Å². The molecule has 0 saturated carbocycles. The van der Waals surface area contributed by atoms with E-state index in [0.717, 1.165) is 51.9 Å². The molecule has 1 aliphatic carbocycles. The number of amides is 1. The van der Waals surface area contributed by atoms with Crippen molar-refractivity contribution in [3.63, 3.8) is 0 Å². The Balaban J connectivity index is 1.90. The molecule has 2 aliphatic rings. The molecule has 1 amide bonds. The summed E-state index contributed by atoms with van der Waals surface area (Å²) in [7, 11) is 0. The molecule has 3 nitrogen and oxygen atoms in total. The molecule has 3 heteroatoms. The van der Waals surface area contributed by atoms with E-state index < -0.39 is 0 Å². The second-order valence-corrected chi connectivity index (χ2v) is 4.41. The molecule has 1 heterocycles. The lowest BCUT2D eigenvalue weighted by molar-refractivity contribution is -0.135. The highest BCUT2D eigenvalue weighted by molar-refractivity contribution is 5.79. The Hall–Kier alpha value is -0.830. The standard InChI is InChI=1S/C12H20N2O/c15-12(11-5-2-1-3-6-11)14-9-4-7-13-8-10-14/h1-2,11,13H,3-10H2. The monoisotopic (exact) mass is 208 g/mol. The van der Waals surface area contributed by atoms with Crippen LogP contribution in [0.3, 0.4) is 0 Å². The Morgan fingerprint density at radius 2 is 2.20 bits per heavy atom. The zero-order valence-corrected chi connectivity index (χ0v) is 9.24. The number of nitrogens with zero attached hydrogens (tertiary/aromatic N) is 1. The first-order valence-electron chi connectivity index (χ1n) is 6.02. The van der Waals surface area contributed by atoms with Crippen molar-refractivity contribution in [1.29, 1.82) is 0 Å². The summed E-state index contributed by atoms with van der Waals surface area (Å²) in [6, 6.07) is 0. The molecule has 84 valence electrons. The molecule has 1 aliphatic heterocycles. The molecule has 1 unspecified atom stereocenters. The summed E-state index contributed by atoms with van der Waals surface area (Å²) in [4.78, 5) is 14.2. The number of rotatable bonds is 1. The normalized spacial score (nSPS) is 27.5. The minimum absolute atomic E-state index is 0.257. The highest BCUT2D eigenvalue weighted by Crippen LogP contribution is 2.20. The molecule has 0 aromatic carbocycles. The first-order chi connectivity index (χ1) is 7.38. The van der Waals surface area contributed by atoms with Crippen molar-refractivity contribution in [2.45, 2.75) is 25.7 Å². The fraction of sp³-hybridized carbons (Fsp3) is 0.750. The zero-order valence-electron chi connectivity index (χ0n) is 9.24. The van der Waals surface area contributed by atoms with Crippen LogP contribution in [0.15, 0.2) is 12.2 Å². The van der Waals surface area contributed by atoms with Crippen LogP contribution in [0.1, 0.15) is 25.7 Å². The first-order valence-corrected chi connectivity index (χ1v) is 6.02. The van der Waals surface area contributed by atoms with Crippen molar-refractivity contribution in [3.05, 3.63) is 12.2 Å². The highest BCUT2D eigenvalue weighted by Gasteiger charge is 2.24. The summed E-state index contributed by atoms with van der Waals surface area (Å²) in [5.41, 5.74) is 0. The van der Waals surface area contributed by atoms with Crippen molar-refractivity contribution in [2.24, 2.45) is 5.92 Å². The number of hydrogen-bond donors (Lipinski definition) is 1. The molecule has 0 radical (unpaired) electrons. The van der Waals surface area contributed by atoms with Gasteiger partial charge < -0.3 is 10.2 Å². The van der Waals surface area contributed by atoms with E-state index >= 15 is 0 Å². The number of allylic oxidation sites excluding steroid dienone is 2. The maximum Gasteiger partial charge on any atom is 0.226 e. The second-order valence-electron chi connectivity index (χ2n) is 4.41. The Morgan fingerprint density at radius 3 is 3.00 bits per heavy atom. The number of carbonyl (C=O) groups excluding carboxylic acids is 1. The molecule has 2 rings (SSSR count). The molecule has 0 bridgehead atoms. The van der Waals surface area contributed by atoms with Gasteiger partial charge in [-0.2, -0.15) is 0 Å².